The van der Waals surface area contributed by atoms with Crippen LogP contribution < -0.4 is 15.8 Å². The van der Waals surface area contributed by atoms with Crippen molar-refractivity contribution in [3.05, 3.63) is 59.7 Å². The molecule has 0 bridgehead atoms. The van der Waals surface area contributed by atoms with E-state index in [1.807, 2.05) is 43.3 Å². The number of nitrogens with one attached hydrogen (secondary N) is 1. The van der Waals surface area contributed by atoms with Gasteiger partial charge in [0.25, 0.3) is 0 Å². The molecule has 4 heteroatoms. The van der Waals surface area contributed by atoms with Gasteiger partial charge in [-0.2, -0.15) is 0 Å². The van der Waals surface area contributed by atoms with E-state index in [0.717, 1.165) is 17.0 Å². The lowest BCUT2D eigenvalue weighted by atomic mass is 10.1. The zero-order valence-corrected chi connectivity index (χ0v) is 11.4. The summed E-state index contributed by atoms with van der Waals surface area (Å²) >= 11 is 0. The second-order valence-electron chi connectivity index (χ2n) is 4.34. The zero-order valence-electron chi connectivity index (χ0n) is 11.4. The van der Waals surface area contributed by atoms with Crippen LogP contribution in [0, 0.1) is 0 Å². The fourth-order valence-corrected chi connectivity index (χ4v) is 1.88. The van der Waals surface area contributed by atoms with Crippen molar-refractivity contribution in [2.24, 2.45) is 5.73 Å². The molecular weight excluding hydrogens is 252 g/mol. The summed E-state index contributed by atoms with van der Waals surface area (Å²) < 4.78 is 5.55. The summed E-state index contributed by atoms with van der Waals surface area (Å²) in [5.74, 6) is 0.426. The van der Waals surface area contributed by atoms with Crippen LogP contribution in [0.4, 0.5) is 5.69 Å². The van der Waals surface area contributed by atoms with E-state index in [1.165, 1.54) is 0 Å². The number of carbonyl (C=O) groups excluding carboxylic acids is 1. The summed E-state index contributed by atoms with van der Waals surface area (Å²) in [6.45, 7) is 3.24. The fourth-order valence-electron chi connectivity index (χ4n) is 1.88. The highest BCUT2D eigenvalue weighted by molar-refractivity contribution is 5.92. The Morgan fingerprint density at radius 2 is 1.85 bits per heavy atom. The highest BCUT2D eigenvalue weighted by Gasteiger charge is 2.03. The Kier molecular flexibility index (Phi) is 4.60. The lowest BCUT2D eigenvalue weighted by Crippen LogP contribution is -2.10. The number of benzene rings is 2. The maximum Gasteiger partial charge on any atom is 0.248 e. The number of primary amides is 1. The smallest absolute Gasteiger partial charge is 0.248 e. The number of hydrogen-bond acceptors (Lipinski definition) is 3. The van der Waals surface area contributed by atoms with Gasteiger partial charge >= 0.3 is 0 Å². The topological polar surface area (TPSA) is 64.3 Å². The first kappa shape index (κ1) is 13.9. The van der Waals surface area contributed by atoms with Crippen LogP contribution in [0.3, 0.4) is 0 Å². The largest absolute Gasteiger partial charge is 0.492 e. The molecule has 3 N–H and O–H groups in total. The van der Waals surface area contributed by atoms with Crippen molar-refractivity contribution in [2.75, 3.05) is 11.9 Å². The number of para-hydroxylation sites is 2. The molecule has 0 aliphatic heterocycles. The third kappa shape index (κ3) is 3.51. The van der Waals surface area contributed by atoms with Crippen LogP contribution in [-0.4, -0.2) is 12.5 Å². The molecule has 2 aromatic carbocycles. The van der Waals surface area contributed by atoms with Crippen molar-refractivity contribution in [2.45, 2.75) is 13.5 Å². The molecule has 2 rings (SSSR count). The van der Waals surface area contributed by atoms with Gasteiger partial charge in [-0.25, -0.2) is 0 Å². The molecule has 0 fully saturated rings. The average molecular weight is 270 g/mol. The van der Waals surface area contributed by atoms with Crippen molar-refractivity contribution in [1.82, 2.24) is 0 Å². The molecule has 0 saturated carbocycles. The first-order chi connectivity index (χ1) is 9.70. The zero-order chi connectivity index (χ0) is 14.4. The summed E-state index contributed by atoms with van der Waals surface area (Å²) in [4.78, 5) is 11.0. The minimum atomic E-state index is -0.411. The highest BCUT2D eigenvalue weighted by atomic mass is 16.5. The maximum atomic E-state index is 11.0. The Hall–Kier alpha value is -2.49. The van der Waals surface area contributed by atoms with Gasteiger partial charge in [-0.05, 0) is 36.8 Å². The minimum absolute atomic E-state index is 0.411. The number of hydrogen-bond donors (Lipinski definition) is 2. The predicted octanol–water partition coefficient (Wildman–Crippen LogP) is 2.80. The SMILES string of the molecule is CCOc1ccccc1NCc1ccc(C(N)=O)cc1. The van der Waals surface area contributed by atoms with Crippen LogP contribution in [0.5, 0.6) is 5.75 Å². The molecule has 0 aliphatic rings. The standard InChI is InChI=1S/C16H18N2O2/c1-2-20-15-6-4-3-5-14(15)18-11-12-7-9-13(10-8-12)16(17)19/h3-10,18H,2,11H2,1H3,(H2,17,19). The predicted molar refractivity (Wildman–Crippen MR) is 79.9 cm³/mol. The van der Waals surface area contributed by atoms with E-state index < -0.39 is 5.91 Å². The number of ether oxygens (including phenoxy) is 1. The molecule has 0 aromatic heterocycles. The summed E-state index contributed by atoms with van der Waals surface area (Å²) in [7, 11) is 0. The van der Waals surface area contributed by atoms with E-state index in [0.29, 0.717) is 18.7 Å². The van der Waals surface area contributed by atoms with Crippen LogP contribution in [0.15, 0.2) is 48.5 Å². The quantitative estimate of drug-likeness (QED) is 0.848. The molecule has 2 aromatic rings. The van der Waals surface area contributed by atoms with Crippen LogP contribution in [0.2, 0.25) is 0 Å². The molecule has 4 nitrogen and oxygen atoms in total. The van der Waals surface area contributed by atoms with Gasteiger partial charge < -0.3 is 15.8 Å². The Morgan fingerprint density at radius 1 is 1.15 bits per heavy atom. The lowest BCUT2D eigenvalue weighted by Gasteiger charge is -2.12. The number of nitrogens with two attached hydrogens (primary N) is 1. The van der Waals surface area contributed by atoms with Crippen molar-refractivity contribution < 1.29 is 9.53 Å². The van der Waals surface area contributed by atoms with Crippen molar-refractivity contribution in [3.63, 3.8) is 0 Å². The molecule has 20 heavy (non-hydrogen) atoms. The summed E-state index contributed by atoms with van der Waals surface area (Å²) in [6.07, 6.45) is 0. The van der Waals surface area contributed by atoms with Crippen LogP contribution >= 0.6 is 0 Å². The fraction of sp³-hybridized carbons (Fsp3) is 0.188. The van der Waals surface area contributed by atoms with Gasteiger partial charge in [0.15, 0.2) is 0 Å². The molecule has 0 radical (unpaired) electrons. The number of amides is 1. The Labute approximate surface area is 118 Å². The van der Waals surface area contributed by atoms with E-state index in [4.69, 9.17) is 10.5 Å². The number of carbonyl (C=O) groups is 1. The van der Waals surface area contributed by atoms with Gasteiger partial charge in [-0.15, -0.1) is 0 Å². The molecule has 0 saturated heterocycles. The molecule has 0 heterocycles. The van der Waals surface area contributed by atoms with Gasteiger partial charge in [0, 0.05) is 12.1 Å². The molecule has 104 valence electrons. The third-order valence-corrected chi connectivity index (χ3v) is 2.91. The molecule has 0 spiro atoms. The molecular formula is C16H18N2O2. The molecule has 0 unspecified atom stereocenters. The monoisotopic (exact) mass is 270 g/mol. The number of rotatable bonds is 6. The second-order valence-corrected chi connectivity index (χ2v) is 4.34. The van der Waals surface area contributed by atoms with E-state index >= 15 is 0 Å². The highest BCUT2D eigenvalue weighted by Crippen LogP contribution is 2.24. The first-order valence-electron chi connectivity index (χ1n) is 6.55. The second kappa shape index (κ2) is 6.61. The summed E-state index contributed by atoms with van der Waals surface area (Å²) in [5.41, 5.74) is 7.75. The van der Waals surface area contributed by atoms with Crippen LogP contribution in [0.25, 0.3) is 0 Å². The minimum Gasteiger partial charge on any atom is -0.492 e. The normalized spacial score (nSPS) is 10.1. The van der Waals surface area contributed by atoms with Crippen LogP contribution in [-0.2, 0) is 6.54 Å². The van der Waals surface area contributed by atoms with E-state index in [1.54, 1.807) is 12.1 Å². The van der Waals surface area contributed by atoms with E-state index in [2.05, 4.69) is 5.32 Å². The van der Waals surface area contributed by atoms with Gasteiger partial charge in [0.1, 0.15) is 5.75 Å². The van der Waals surface area contributed by atoms with Crippen LogP contribution in [0.1, 0.15) is 22.8 Å². The van der Waals surface area contributed by atoms with Crippen molar-refractivity contribution in [1.29, 1.82) is 0 Å². The molecule has 0 atom stereocenters. The van der Waals surface area contributed by atoms with Gasteiger partial charge in [-0.1, -0.05) is 24.3 Å². The molecule has 0 aliphatic carbocycles. The summed E-state index contributed by atoms with van der Waals surface area (Å²) in [6, 6.07) is 15.0. The first-order valence-corrected chi connectivity index (χ1v) is 6.55. The lowest BCUT2D eigenvalue weighted by molar-refractivity contribution is 0.100. The van der Waals surface area contributed by atoms with Crippen molar-refractivity contribution in [3.8, 4) is 5.75 Å². The van der Waals surface area contributed by atoms with E-state index in [9.17, 15) is 4.79 Å². The third-order valence-electron chi connectivity index (χ3n) is 2.91. The van der Waals surface area contributed by atoms with Crippen molar-refractivity contribution >= 4 is 11.6 Å². The Morgan fingerprint density at radius 3 is 2.50 bits per heavy atom. The van der Waals surface area contributed by atoms with E-state index in [-0.39, 0.29) is 0 Å². The maximum absolute atomic E-state index is 11.0. The Bertz CT molecular complexity index is 579. The van der Waals surface area contributed by atoms with Gasteiger partial charge in [0.2, 0.25) is 5.91 Å². The number of anilines is 1. The van der Waals surface area contributed by atoms with Gasteiger partial charge in [-0.3, -0.25) is 4.79 Å². The van der Waals surface area contributed by atoms with Gasteiger partial charge in [0.05, 0.1) is 12.3 Å². The average Bonchev–Trinajstić information content (AvgIpc) is 2.47. The molecule has 1 amide bonds. The Balaban J connectivity index is 2.03. The summed E-state index contributed by atoms with van der Waals surface area (Å²) in [5, 5.41) is 3.32.